The molecular formula is C11H17N5S. The molecule has 2 aromatic heterocycles. The van der Waals surface area contributed by atoms with Gasteiger partial charge in [0.15, 0.2) is 0 Å². The molecule has 0 spiro atoms. The molecule has 0 fully saturated rings. The minimum atomic E-state index is -0.432. The lowest BCUT2D eigenvalue weighted by molar-refractivity contribution is 0.533. The van der Waals surface area contributed by atoms with Gasteiger partial charge in [-0.05, 0) is 20.8 Å². The van der Waals surface area contributed by atoms with E-state index in [1.165, 1.54) is 4.88 Å². The molecule has 0 aliphatic carbocycles. The Hall–Kier alpha value is -1.27. The van der Waals surface area contributed by atoms with E-state index in [0.29, 0.717) is 0 Å². The maximum absolute atomic E-state index is 5.96. The van der Waals surface area contributed by atoms with Gasteiger partial charge in [-0.2, -0.15) is 0 Å². The van der Waals surface area contributed by atoms with Crippen molar-refractivity contribution in [1.82, 2.24) is 20.0 Å². The van der Waals surface area contributed by atoms with Gasteiger partial charge in [-0.15, -0.1) is 16.4 Å². The zero-order chi connectivity index (χ0) is 12.5. The zero-order valence-corrected chi connectivity index (χ0v) is 11.2. The third-order valence-electron chi connectivity index (χ3n) is 2.61. The first-order valence-corrected chi connectivity index (χ1v) is 6.43. The molecule has 17 heavy (non-hydrogen) atoms. The molecule has 0 aliphatic rings. The van der Waals surface area contributed by atoms with E-state index in [9.17, 15) is 0 Å². The number of hydrogen-bond donors (Lipinski definition) is 1. The average Bonchev–Trinajstić information content (AvgIpc) is 2.82. The van der Waals surface area contributed by atoms with E-state index < -0.39 is 5.54 Å². The molecule has 0 aliphatic heterocycles. The highest BCUT2D eigenvalue weighted by Crippen LogP contribution is 2.15. The Morgan fingerprint density at radius 1 is 1.47 bits per heavy atom. The molecule has 2 rings (SSSR count). The molecule has 0 bridgehead atoms. The Bertz CT molecular complexity index is 494. The number of nitrogens with zero attached hydrogens (tertiary/aromatic N) is 4. The normalized spacial score (nSPS) is 12.0. The van der Waals surface area contributed by atoms with E-state index in [1.807, 2.05) is 37.2 Å². The average molecular weight is 251 g/mol. The van der Waals surface area contributed by atoms with Gasteiger partial charge in [-0.25, -0.2) is 4.98 Å². The Balaban J connectivity index is 2.01. The van der Waals surface area contributed by atoms with Crippen LogP contribution in [0.3, 0.4) is 0 Å². The van der Waals surface area contributed by atoms with Gasteiger partial charge >= 0.3 is 0 Å². The number of aryl methyl sites for hydroxylation is 3. The fourth-order valence-corrected chi connectivity index (χ4v) is 2.26. The van der Waals surface area contributed by atoms with Crippen LogP contribution in [0.5, 0.6) is 0 Å². The van der Waals surface area contributed by atoms with Crippen LogP contribution in [-0.4, -0.2) is 20.0 Å². The van der Waals surface area contributed by atoms with Crippen molar-refractivity contribution in [3.8, 4) is 0 Å². The summed E-state index contributed by atoms with van der Waals surface area (Å²) in [6, 6.07) is 0. The van der Waals surface area contributed by atoms with Crippen molar-refractivity contribution in [2.45, 2.75) is 39.3 Å². The van der Waals surface area contributed by atoms with E-state index in [2.05, 4.69) is 15.3 Å². The van der Waals surface area contributed by atoms with Crippen LogP contribution in [0.15, 0.2) is 11.7 Å². The molecule has 0 atom stereocenters. The SMILES string of the molecule is Cc1ncsc1CCn1cc(C(C)(C)N)nn1. The summed E-state index contributed by atoms with van der Waals surface area (Å²) in [6.45, 7) is 6.69. The Morgan fingerprint density at radius 3 is 2.76 bits per heavy atom. The summed E-state index contributed by atoms with van der Waals surface area (Å²) in [6.07, 6.45) is 2.85. The van der Waals surface area contributed by atoms with E-state index in [1.54, 1.807) is 11.3 Å². The Morgan fingerprint density at radius 2 is 2.24 bits per heavy atom. The molecule has 2 heterocycles. The zero-order valence-electron chi connectivity index (χ0n) is 10.3. The molecule has 6 heteroatoms. The maximum atomic E-state index is 5.96. The van der Waals surface area contributed by atoms with Gasteiger partial charge in [-0.3, -0.25) is 4.68 Å². The van der Waals surface area contributed by atoms with Gasteiger partial charge < -0.3 is 5.73 Å². The maximum Gasteiger partial charge on any atom is 0.102 e. The minimum Gasteiger partial charge on any atom is -0.320 e. The smallest absolute Gasteiger partial charge is 0.102 e. The lowest BCUT2D eigenvalue weighted by Crippen LogP contribution is -2.29. The second kappa shape index (κ2) is 4.54. The highest BCUT2D eigenvalue weighted by atomic mass is 32.1. The van der Waals surface area contributed by atoms with Crippen LogP contribution in [0.25, 0.3) is 0 Å². The summed E-state index contributed by atoms with van der Waals surface area (Å²) >= 11 is 1.68. The van der Waals surface area contributed by atoms with E-state index >= 15 is 0 Å². The lowest BCUT2D eigenvalue weighted by Gasteiger charge is -2.13. The third-order valence-corrected chi connectivity index (χ3v) is 3.61. The topological polar surface area (TPSA) is 69.6 Å². The highest BCUT2D eigenvalue weighted by molar-refractivity contribution is 7.09. The Kier molecular flexibility index (Phi) is 3.26. The minimum absolute atomic E-state index is 0.432. The van der Waals surface area contributed by atoms with E-state index in [4.69, 9.17) is 5.73 Å². The van der Waals surface area contributed by atoms with Crippen LogP contribution in [0.4, 0.5) is 0 Å². The summed E-state index contributed by atoms with van der Waals surface area (Å²) in [5, 5.41) is 8.17. The van der Waals surface area contributed by atoms with Crippen molar-refractivity contribution in [3.05, 3.63) is 28.0 Å². The molecule has 2 N–H and O–H groups in total. The predicted octanol–water partition coefficient (Wildman–Crippen LogP) is 1.48. The fraction of sp³-hybridized carbons (Fsp3) is 0.545. The first kappa shape index (κ1) is 12.2. The second-order valence-corrected chi connectivity index (χ2v) is 5.64. The summed E-state index contributed by atoms with van der Waals surface area (Å²) in [7, 11) is 0. The van der Waals surface area contributed by atoms with Crippen LogP contribution in [0.2, 0.25) is 0 Å². The van der Waals surface area contributed by atoms with Crippen LogP contribution < -0.4 is 5.73 Å². The number of rotatable bonds is 4. The van der Waals surface area contributed by atoms with Gasteiger partial charge in [0.2, 0.25) is 0 Å². The fourth-order valence-electron chi connectivity index (χ4n) is 1.49. The molecule has 2 aromatic rings. The molecule has 0 saturated carbocycles. The molecule has 0 amide bonds. The standard InChI is InChI=1S/C11H17N5S/c1-8-9(17-7-13-8)4-5-16-6-10(14-15-16)11(2,3)12/h6-7H,4-5,12H2,1-3H3. The quantitative estimate of drug-likeness (QED) is 0.893. The van der Waals surface area contributed by atoms with Crippen LogP contribution in [0.1, 0.15) is 30.1 Å². The third kappa shape index (κ3) is 2.89. The van der Waals surface area contributed by atoms with Crippen molar-refractivity contribution in [2.75, 3.05) is 0 Å². The van der Waals surface area contributed by atoms with Gasteiger partial charge in [-0.1, -0.05) is 5.21 Å². The monoisotopic (exact) mass is 251 g/mol. The first-order chi connectivity index (χ1) is 7.97. The molecule has 0 unspecified atom stereocenters. The van der Waals surface area contributed by atoms with Crippen LogP contribution >= 0.6 is 11.3 Å². The van der Waals surface area contributed by atoms with Crippen molar-refractivity contribution in [1.29, 1.82) is 0 Å². The molecule has 0 aromatic carbocycles. The van der Waals surface area contributed by atoms with Crippen LogP contribution in [0, 0.1) is 6.92 Å². The summed E-state index contributed by atoms with van der Waals surface area (Å²) < 4.78 is 1.84. The Labute approximate surface area is 105 Å². The van der Waals surface area contributed by atoms with Crippen molar-refractivity contribution < 1.29 is 0 Å². The van der Waals surface area contributed by atoms with Crippen molar-refractivity contribution in [2.24, 2.45) is 5.73 Å². The van der Waals surface area contributed by atoms with Crippen molar-refractivity contribution >= 4 is 11.3 Å². The number of hydrogen-bond acceptors (Lipinski definition) is 5. The predicted molar refractivity (Wildman–Crippen MR) is 67.8 cm³/mol. The van der Waals surface area contributed by atoms with Gasteiger partial charge in [0.1, 0.15) is 5.69 Å². The summed E-state index contributed by atoms with van der Waals surface area (Å²) in [5.41, 5.74) is 9.33. The summed E-state index contributed by atoms with van der Waals surface area (Å²) in [5.74, 6) is 0. The van der Waals surface area contributed by atoms with Gasteiger partial charge in [0.05, 0.1) is 22.9 Å². The lowest BCUT2D eigenvalue weighted by atomic mass is 10.0. The summed E-state index contributed by atoms with van der Waals surface area (Å²) in [4.78, 5) is 5.53. The molecular weight excluding hydrogens is 234 g/mol. The largest absolute Gasteiger partial charge is 0.320 e. The van der Waals surface area contributed by atoms with Crippen LogP contribution in [-0.2, 0) is 18.5 Å². The number of thiazole rings is 1. The van der Waals surface area contributed by atoms with E-state index in [0.717, 1.165) is 24.4 Å². The van der Waals surface area contributed by atoms with Gasteiger partial charge in [0.25, 0.3) is 0 Å². The highest BCUT2D eigenvalue weighted by Gasteiger charge is 2.18. The molecule has 5 nitrogen and oxygen atoms in total. The molecule has 92 valence electrons. The number of aromatic nitrogens is 4. The van der Waals surface area contributed by atoms with Crippen molar-refractivity contribution in [3.63, 3.8) is 0 Å². The molecule has 0 saturated heterocycles. The first-order valence-electron chi connectivity index (χ1n) is 5.55. The van der Waals surface area contributed by atoms with Gasteiger partial charge in [0, 0.05) is 17.8 Å². The second-order valence-electron chi connectivity index (χ2n) is 4.70. The van der Waals surface area contributed by atoms with E-state index in [-0.39, 0.29) is 0 Å². The number of nitrogens with two attached hydrogens (primary N) is 1. The molecule has 0 radical (unpaired) electrons.